The summed E-state index contributed by atoms with van der Waals surface area (Å²) in [6, 6.07) is 3.47. The van der Waals surface area contributed by atoms with Crippen LogP contribution in [0.25, 0.3) is 0 Å². The van der Waals surface area contributed by atoms with Crippen molar-refractivity contribution in [3.63, 3.8) is 0 Å². The molecule has 86 valence electrons. The van der Waals surface area contributed by atoms with Gasteiger partial charge in [-0.15, -0.1) is 0 Å². The quantitative estimate of drug-likeness (QED) is 0.351. The van der Waals surface area contributed by atoms with Crippen molar-refractivity contribution < 1.29 is 9.94 Å². The van der Waals surface area contributed by atoms with Crippen molar-refractivity contribution in [3.8, 4) is 5.75 Å². The molecule has 1 aliphatic rings. The predicted octanol–water partition coefficient (Wildman–Crippen LogP) is 1.50. The number of rotatable bonds is 3. The maximum atomic E-state index is 8.48. The molecule has 5 nitrogen and oxygen atoms in total. The molecule has 0 bridgehead atoms. The fourth-order valence-corrected chi connectivity index (χ4v) is 1.85. The van der Waals surface area contributed by atoms with E-state index in [0.717, 1.165) is 18.6 Å². The zero-order valence-corrected chi connectivity index (χ0v) is 8.97. The highest BCUT2D eigenvalue weighted by Crippen LogP contribution is 2.23. The van der Waals surface area contributed by atoms with Crippen LogP contribution in [0.15, 0.2) is 23.5 Å². The molecular formula is C11H15N3O2. The number of aromatic nitrogens is 1. The van der Waals surface area contributed by atoms with Crippen molar-refractivity contribution in [2.24, 2.45) is 10.9 Å². The molecule has 0 radical (unpaired) electrons. The molecule has 1 aliphatic carbocycles. The third-order valence-electron chi connectivity index (χ3n) is 2.71. The molecule has 1 saturated carbocycles. The van der Waals surface area contributed by atoms with Gasteiger partial charge in [0.05, 0.1) is 12.3 Å². The largest absolute Gasteiger partial charge is 0.489 e. The van der Waals surface area contributed by atoms with Crippen LogP contribution in [0.5, 0.6) is 5.75 Å². The van der Waals surface area contributed by atoms with Crippen LogP contribution < -0.4 is 10.5 Å². The minimum atomic E-state index is 0.00687. The minimum Gasteiger partial charge on any atom is -0.489 e. The summed E-state index contributed by atoms with van der Waals surface area (Å²) in [5.74, 6) is 0.744. The summed E-state index contributed by atoms with van der Waals surface area (Å²) in [7, 11) is 0. The Morgan fingerprint density at radius 2 is 2.19 bits per heavy atom. The summed E-state index contributed by atoms with van der Waals surface area (Å²) in [5, 5.41) is 11.4. The number of nitrogens with zero attached hydrogens (tertiary/aromatic N) is 2. The van der Waals surface area contributed by atoms with Gasteiger partial charge >= 0.3 is 0 Å². The number of nitrogens with two attached hydrogens (primary N) is 1. The molecule has 16 heavy (non-hydrogen) atoms. The van der Waals surface area contributed by atoms with E-state index in [4.69, 9.17) is 15.7 Å². The van der Waals surface area contributed by atoms with Crippen molar-refractivity contribution in [3.05, 3.63) is 24.0 Å². The highest BCUT2D eigenvalue weighted by atomic mass is 16.5. The first-order chi connectivity index (χ1) is 7.79. The van der Waals surface area contributed by atoms with E-state index in [0.29, 0.717) is 11.8 Å². The monoisotopic (exact) mass is 221 g/mol. The van der Waals surface area contributed by atoms with Gasteiger partial charge in [-0.1, -0.05) is 5.16 Å². The molecule has 2 rings (SSSR count). The third kappa shape index (κ3) is 2.42. The van der Waals surface area contributed by atoms with E-state index in [9.17, 15) is 0 Å². The lowest BCUT2D eigenvalue weighted by atomic mass is 10.3. The standard InChI is InChI=1S/C11H15N3O2/c12-11(14-15)10-6-5-9(7-13-10)16-8-3-1-2-4-8/h5-8,15H,1-4H2,(H2,12,14). The molecule has 0 saturated heterocycles. The second-order valence-corrected chi connectivity index (χ2v) is 3.89. The number of ether oxygens (including phenoxy) is 1. The number of hydrogen-bond acceptors (Lipinski definition) is 4. The average Bonchev–Trinajstić information content (AvgIpc) is 2.82. The zero-order chi connectivity index (χ0) is 11.4. The zero-order valence-electron chi connectivity index (χ0n) is 8.97. The lowest BCUT2D eigenvalue weighted by Gasteiger charge is -2.12. The molecule has 3 N–H and O–H groups in total. The summed E-state index contributed by atoms with van der Waals surface area (Å²) < 4.78 is 5.74. The van der Waals surface area contributed by atoms with Gasteiger partial charge in [-0.3, -0.25) is 0 Å². The van der Waals surface area contributed by atoms with Gasteiger partial charge in [-0.05, 0) is 37.8 Å². The van der Waals surface area contributed by atoms with E-state index in [1.807, 2.05) is 0 Å². The van der Waals surface area contributed by atoms with Gasteiger partial charge in [-0.25, -0.2) is 4.98 Å². The lowest BCUT2D eigenvalue weighted by Crippen LogP contribution is -2.15. The van der Waals surface area contributed by atoms with Crippen LogP contribution in [0.2, 0.25) is 0 Å². The molecule has 1 heterocycles. The average molecular weight is 221 g/mol. The van der Waals surface area contributed by atoms with Crippen molar-refractivity contribution in [2.75, 3.05) is 0 Å². The van der Waals surface area contributed by atoms with E-state index in [-0.39, 0.29) is 5.84 Å². The number of amidine groups is 1. The van der Waals surface area contributed by atoms with Crippen LogP contribution >= 0.6 is 0 Å². The highest BCUT2D eigenvalue weighted by molar-refractivity contribution is 5.95. The van der Waals surface area contributed by atoms with Crippen molar-refractivity contribution in [1.29, 1.82) is 0 Å². The van der Waals surface area contributed by atoms with Crippen LogP contribution in [0.3, 0.4) is 0 Å². The second kappa shape index (κ2) is 4.83. The van der Waals surface area contributed by atoms with E-state index in [1.54, 1.807) is 18.3 Å². The molecule has 1 fully saturated rings. The van der Waals surface area contributed by atoms with Gasteiger partial charge in [-0.2, -0.15) is 0 Å². The number of pyridine rings is 1. The van der Waals surface area contributed by atoms with Gasteiger partial charge in [0, 0.05) is 0 Å². The summed E-state index contributed by atoms with van der Waals surface area (Å²) in [6.45, 7) is 0. The van der Waals surface area contributed by atoms with Gasteiger partial charge in [0.2, 0.25) is 0 Å². The Hall–Kier alpha value is -1.78. The Bertz CT molecular complexity index is 369. The Kier molecular flexibility index (Phi) is 3.24. The van der Waals surface area contributed by atoms with E-state index in [1.165, 1.54) is 12.8 Å². The van der Waals surface area contributed by atoms with Crippen LogP contribution in [-0.4, -0.2) is 22.1 Å². The highest BCUT2D eigenvalue weighted by Gasteiger charge is 2.16. The van der Waals surface area contributed by atoms with Crippen LogP contribution in [0.4, 0.5) is 0 Å². The molecule has 0 unspecified atom stereocenters. The molecule has 0 spiro atoms. The van der Waals surface area contributed by atoms with Gasteiger partial charge in [0.15, 0.2) is 5.84 Å². The van der Waals surface area contributed by atoms with Crippen molar-refractivity contribution in [1.82, 2.24) is 4.98 Å². The Morgan fingerprint density at radius 3 is 2.75 bits per heavy atom. The van der Waals surface area contributed by atoms with E-state index < -0.39 is 0 Å². The van der Waals surface area contributed by atoms with Crippen molar-refractivity contribution in [2.45, 2.75) is 31.8 Å². The SMILES string of the molecule is N/C(=N/O)c1ccc(OC2CCCC2)cn1. The van der Waals surface area contributed by atoms with Gasteiger partial charge < -0.3 is 15.7 Å². The van der Waals surface area contributed by atoms with Crippen LogP contribution in [-0.2, 0) is 0 Å². The first kappa shape index (κ1) is 10.7. The molecule has 5 heteroatoms. The summed E-state index contributed by atoms with van der Waals surface area (Å²) in [6.07, 6.45) is 6.62. The summed E-state index contributed by atoms with van der Waals surface area (Å²) in [4.78, 5) is 4.05. The maximum absolute atomic E-state index is 8.48. The van der Waals surface area contributed by atoms with Crippen molar-refractivity contribution >= 4 is 5.84 Å². The number of hydrogen-bond donors (Lipinski definition) is 2. The fourth-order valence-electron chi connectivity index (χ4n) is 1.85. The van der Waals surface area contributed by atoms with Gasteiger partial charge in [0.1, 0.15) is 11.4 Å². The Labute approximate surface area is 93.9 Å². The van der Waals surface area contributed by atoms with Crippen LogP contribution in [0.1, 0.15) is 31.4 Å². The van der Waals surface area contributed by atoms with Gasteiger partial charge in [0.25, 0.3) is 0 Å². The lowest BCUT2D eigenvalue weighted by molar-refractivity contribution is 0.209. The Morgan fingerprint density at radius 1 is 1.44 bits per heavy atom. The normalized spacial score (nSPS) is 17.6. The topological polar surface area (TPSA) is 80.7 Å². The summed E-state index contributed by atoms with van der Waals surface area (Å²) in [5.41, 5.74) is 5.85. The van der Waals surface area contributed by atoms with E-state index in [2.05, 4.69) is 10.1 Å². The van der Waals surface area contributed by atoms with E-state index >= 15 is 0 Å². The number of oxime groups is 1. The molecule has 1 aromatic rings. The first-order valence-corrected chi connectivity index (χ1v) is 5.40. The summed E-state index contributed by atoms with van der Waals surface area (Å²) >= 11 is 0. The molecule has 0 aliphatic heterocycles. The molecular weight excluding hydrogens is 206 g/mol. The smallest absolute Gasteiger partial charge is 0.188 e. The molecule has 0 aromatic carbocycles. The maximum Gasteiger partial charge on any atom is 0.188 e. The minimum absolute atomic E-state index is 0.00687. The molecule has 0 amide bonds. The third-order valence-corrected chi connectivity index (χ3v) is 2.71. The molecule has 0 atom stereocenters. The second-order valence-electron chi connectivity index (χ2n) is 3.89. The predicted molar refractivity (Wildman–Crippen MR) is 59.6 cm³/mol. The fraction of sp³-hybridized carbons (Fsp3) is 0.455. The Balaban J connectivity index is 2.01. The van der Waals surface area contributed by atoms with Crippen LogP contribution in [0, 0.1) is 0 Å². The first-order valence-electron chi connectivity index (χ1n) is 5.40. The molecule has 1 aromatic heterocycles.